The molecule has 0 fully saturated rings. The number of alkyl halides is 3. The summed E-state index contributed by atoms with van der Waals surface area (Å²) in [5.74, 6) is 0. The lowest BCUT2D eigenvalue weighted by molar-refractivity contribution is -0.138. The molecule has 1 heterocycles. The van der Waals surface area contributed by atoms with E-state index in [9.17, 15) is 13.2 Å². The second-order valence-electron chi connectivity index (χ2n) is 5.20. The molecule has 0 spiro atoms. The van der Waals surface area contributed by atoms with Crippen LogP contribution in [0.2, 0.25) is 0 Å². The molecule has 2 N–H and O–H groups in total. The minimum atomic E-state index is -4.42. The number of hydrogen-bond acceptors (Lipinski definition) is 2. The second kappa shape index (κ2) is 5.85. The molecule has 1 aromatic carbocycles. The Morgan fingerprint density at radius 2 is 1.90 bits per heavy atom. The summed E-state index contributed by atoms with van der Waals surface area (Å²) in [6.07, 6.45) is -1.73. The summed E-state index contributed by atoms with van der Waals surface area (Å²) in [6.45, 7) is 3.87. The summed E-state index contributed by atoms with van der Waals surface area (Å²) in [5.41, 5.74) is 8.36. The molecule has 5 heteroatoms. The maximum atomic E-state index is 13.0. The molecule has 0 saturated heterocycles. The van der Waals surface area contributed by atoms with Crippen LogP contribution in [0.5, 0.6) is 0 Å². The Morgan fingerprint density at radius 1 is 1.19 bits per heavy atom. The molecule has 0 radical (unpaired) electrons. The van der Waals surface area contributed by atoms with Gasteiger partial charge in [0, 0.05) is 18.4 Å². The van der Waals surface area contributed by atoms with Gasteiger partial charge in [0.15, 0.2) is 0 Å². The van der Waals surface area contributed by atoms with Crippen LogP contribution in [0.3, 0.4) is 0 Å². The van der Waals surface area contributed by atoms with Gasteiger partial charge >= 0.3 is 6.18 Å². The van der Waals surface area contributed by atoms with E-state index in [1.54, 1.807) is 0 Å². The van der Waals surface area contributed by atoms with E-state index in [1.165, 1.54) is 6.20 Å². The van der Waals surface area contributed by atoms with E-state index in [0.29, 0.717) is 6.42 Å². The molecule has 0 amide bonds. The van der Waals surface area contributed by atoms with Crippen LogP contribution in [-0.2, 0) is 12.6 Å². The largest absolute Gasteiger partial charge is 0.416 e. The number of aryl methyl sites for hydroxylation is 2. The lowest BCUT2D eigenvalue weighted by Crippen LogP contribution is -2.20. The van der Waals surface area contributed by atoms with E-state index < -0.39 is 17.8 Å². The monoisotopic (exact) mass is 294 g/mol. The number of aromatic nitrogens is 1. The third kappa shape index (κ3) is 3.61. The van der Waals surface area contributed by atoms with Crippen molar-refractivity contribution in [3.63, 3.8) is 0 Å². The summed E-state index contributed by atoms with van der Waals surface area (Å²) in [5, 5.41) is 0. The minimum Gasteiger partial charge on any atom is -0.324 e. The van der Waals surface area contributed by atoms with Crippen LogP contribution < -0.4 is 5.73 Å². The van der Waals surface area contributed by atoms with Crippen molar-refractivity contribution in [1.29, 1.82) is 0 Å². The summed E-state index contributed by atoms with van der Waals surface area (Å²) >= 11 is 0. The van der Waals surface area contributed by atoms with Crippen molar-refractivity contribution < 1.29 is 13.2 Å². The van der Waals surface area contributed by atoms with Gasteiger partial charge in [-0.2, -0.15) is 13.2 Å². The van der Waals surface area contributed by atoms with Crippen LogP contribution in [0.25, 0.3) is 0 Å². The molecule has 0 aliphatic rings. The Labute approximate surface area is 121 Å². The molecule has 0 aliphatic heterocycles. The first-order valence-electron chi connectivity index (χ1n) is 6.62. The highest BCUT2D eigenvalue weighted by molar-refractivity contribution is 5.35. The van der Waals surface area contributed by atoms with E-state index in [1.807, 2.05) is 32.0 Å². The van der Waals surface area contributed by atoms with Gasteiger partial charge < -0.3 is 5.73 Å². The fourth-order valence-electron chi connectivity index (χ4n) is 2.33. The average molecular weight is 294 g/mol. The van der Waals surface area contributed by atoms with Crippen LogP contribution >= 0.6 is 0 Å². The fourth-order valence-corrected chi connectivity index (χ4v) is 2.33. The number of hydrogen-bond donors (Lipinski definition) is 1. The van der Waals surface area contributed by atoms with Gasteiger partial charge in [0.2, 0.25) is 0 Å². The first-order chi connectivity index (χ1) is 9.79. The standard InChI is InChI=1S/C16H17F3N2/c1-10-3-4-11(2)12(7-10)8-15(20)13-9-21-6-5-14(13)16(17,18)19/h3-7,9,15H,8,20H2,1-2H3. The minimum absolute atomic E-state index is 0.0332. The van der Waals surface area contributed by atoms with Gasteiger partial charge in [0.25, 0.3) is 0 Å². The molecule has 21 heavy (non-hydrogen) atoms. The molecule has 0 bridgehead atoms. The molecular weight excluding hydrogens is 277 g/mol. The Hall–Kier alpha value is -1.88. The van der Waals surface area contributed by atoms with Crippen molar-refractivity contribution >= 4 is 0 Å². The molecule has 1 unspecified atom stereocenters. The van der Waals surface area contributed by atoms with Crippen molar-refractivity contribution in [2.24, 2.45) is 5.73 Å². The average Bonchev–Trinajstić information content (AvgIpc) is 2.42. The Morgan fingerprint density at radius 3 is 2.57 bits per heavy atom. The highest BCUT2D eigenvalue weighted by Gasteiger charge is 2.34. The smallest absolute Gasteiger partial charge is 0.324 e. The molecule has 2 nitrogen and oxygen atoms in total. The fraction of sp³-hybridized carbons (Fsp3) is 0.312. The van der Waals surface area contributed by atoms with Gasteiger partial charge in [-0.15, -0.1) is 0 Å². The van der Waals surface area contributed by atoms with Gasteiger partial charge in [-0.1, -0.05) is 23.8 Å². The predicted octanol–water partition coefficient (Wildman–Crippen LogP) is 3.96. The van der Waals surface area contributed by atoms with Crippen LogP contribution in [0, 0.1) is 13.8 Å². The number of benzene rings is 1. The zero-order valence-electron chi connectivity index (χ0n) is 11.9. The predicted molar refractivity (Wildman–Crippen MR) is 75.8 cm³/mol. The molecule has 2 rings (SSSR count). The number of pyridine rings is 1. The maximum Gasteiger partial charge on any atom is 0.416 e. The number of halogens is 3. The molecule has 2 aromatic rings. The Kier molecular flexibility index (Phi) is 4.32. The Bertz CT molecular complexity index is 636. The highest BCUT2D eigenvalue weighted by atomic mass is 19.4. The van der Waals surface area contributed by atoms with E-state index >= 15 is 0 Å². The van der Waals surface area contributed by atoms with Crippen molar-refractivity contribution in [1.82, 2.24) is 4.98 Å². The molecule has 0 aliphatic carbocycles. The normalized spacial score (nSPS) is 13.2. The number of rotatable bonds is 3. The quantitative estimate of drug-likeness (QED) is 0.930. The lowest BCUT2D eigenvalue weighted by Gasteiger charge is -2.19. The van der Waals surface area contributed by atoms with Crippen molar-refractivity contribution in [3.8, 4) is 0 Å². The van der Waals surface area contributed by atoms with Crippen LogP contribution in [0.4, 0.5) is 13.2 Å². The van der Waals surface area contributed by atoms with Gasteiger partial charge in [-0.05, 0) is 43.0 Å². The van der Waals surface area contributed by atoms with Crippen LogP contribution in [0.15, 0.2) is 36.7 Å². The van der Waals surface area contributed by atoms with Crippen molar-refractivity contribution in [2.75, 3.05) is 0 Å². The molecule has 1 atom stereocenters. The lowest BCUT2D eigenvalue weighted by atomic mass is 9.94. The third-order valence-electron chi connectivity index (χ3n) is 3.50. The SMILES string of the molecule is Cc1ccc(C)c(CC(N)c2cnccc2C(F)(F)F)c1. The summed E-state index contributed by atoms with van der Waals surface area (Å²) < 4.78 is 39.0. The summed E-state index contributed by atoms with van der Waals surface area (Å²) in [6, 6.07) is 6.11. The summed E-state index contributed by atoms with van der Waals surface area (Å²) in [4.78, 5) is 3.78. The third-order valence-corrected chi connectivity index (χ3v) is 3.50. The first kappa shape index (κ1) is 15.5. The van der Waals surface area contributed by atoms with Crippen molar-refractivity contribution in [2.45, 2.75) is 32.5 Å². The van der Waals surface area contributed by atoms with Crippen molar-refractivity contribution in [3.05, 3.63) is 64.5 Å². The summed E-state index contributed by atoms with van der Waals surface area (Å²) in [7, 11) is 0. The molecular formula is C16H17F3N2. The van der Waals surface area contributed by atoms with Gasteiger partial charge in [0.05, 0.1) is 5.56 Å². The maximum absolute atomic E-state index is 13.0. The van der Waals surface area contributed by atoms with E-state index in [4.69, 9.17) is 5.73 Å². The second-order valence-corrected chi connectivity index (χ2v) is 5.20. The van der Waals surface area contributed by atoms with Crippen LogP contribution in [0.1, 0.15) is 33.9 Å². The van der Waals surface area contributed by atoms with Gasteiger partial charge in [-0.25, -0.2) is 0 Å². The number of nitrogens with zero attached hydrogens (tertiary/aromatic N) is 1. The zero-order chi connectivity index (χ0) is 15.6. The highest BCUT2D eigenvalue weighted by Crippen LogP contribution is 2.34. The number of nitrogens with two attached hydrogens (primary N) is 1. The van der Waals surface area contributed by atoms with E-state index in [-0.39, 0.29) is 5.56 Å². The molecule has 0 saturated carbocycles. The molecule has 1 aromatic heterocycles. The van der Waals surface area contributed by atoms with Crippen LogP contribution in [-0.4, -0.2) is 4.98 Å². The van der Waals surface area contributed by atoms with E-state index in [2.05, 4.69) is 4.98 Å². The van der Waals surface area contributed by atoms with E-state index in [0.717, 1.165) is 29.0 Å². The zero-order valence-corrected chi connectivity index (χ0v) is 11.9. The van der Waals surface area contributed by atoms with Gasteiger partial charge in [0.1, 0.15) is 0 Å². The first-order valence-corrected chi connectivity index (χ1v) is 6.62. The Balaban J connectivity index is 2.33. The topological polar surface area (TPSA) is 38.9 Å². The van der Waals surface area contributed by atoms with Gasteiger partial charge in [-0.3, -0.25) is 4.98 Å². The molecule has 112 valence electrons.